The smallest absolute Gasteiger partial charge is 0.162 e. The summed E-state index contributed by atoms with van der Waals surface area (Å²) in [4.78, 5) is 11.9. The molecule has 0 aliphatic rings. The van der Waals surface area contributed by atoms with Gasteiger partial charge in [0.25, 0.3) is 0 Å². The summed E-state index contributed by atoms with van der Waals surface area (Å²) in [5.74, 6) is 2.72. The van der Waals surface area contributed by atoms with Crippen LogP contribution in [0.4, 0.5) is 0 Å². The van der Waals surface area contributed by atoms with Gasteiger partial charge in [-0.05, 0) is 43.5 Å². The van der Waals surface area contributed by atoms with Gasteiger partial charge in [0.15, 0.2) is 5.78 Å². The number of hydrogen-bond donors (Lipinski definition) is 0. The first-order chi connectivity index (χ1) is 7.56. The predicted octanol–water partition coefficient (Wildman–Crippen LogP) is 4.05. The lowest BCUT2D eigenvalue weighted by Crippen LogP contribution is -2.00. The van der Waals surface area contributed by atoms with Crippen LogP contribution in [0, 0.1) is 26.2 Å². The number of unbranched alkanes of at least 4 members (excludes halogenated alkanes) is 1. The van der Waals surface area contributed by atoms with Crippen LogP contribution < -0.4 is 0 Å². The second kappa shape index (κ2) is 5.86. The number of aryl methyl sites for hydroxylation is 2. The highest BCUT2D eigenvalue weighted by atomic mass is 79.9. The highest BCUT2D eigenvalue weighted by Gasteiger charge is 2.08. The van der Waals surface area contributed by atoms with Crippen molar-refractivity contribution in [3.05, 3.63) is 33.3 Å². The highest BCUT2D eigenvalue weighted by Crippen LogP contribution is 2.23. The van der Waals surface area contributed by atoms with Crippen LogP contribution in [0.3, 0.4) is 0 Å². The molecule has 0 N–H and O–H groups in total. The van der Waals surface area contributed by atoms with Gasteiger partial charge in [-0.3, -0.25) is 4.79 Å². The Labute approximate surface area is 105 Å². The van der Waals surface area contributed by atoms with E-state index in [2.05, 4.69) is 21.9 Å². The van der Waals surface area contributed by atoms with Crippen molar-refractivity contribution in [2.24, 2.45) is 0 Å². The van der Waals surface area contributed by atoms with Crippen LogP contribution in [0.2, 0.25) is 0 Å². The van der Waals surface area contributed by atoms with Gasteiger partial charge in [0.2, 0.25) is 0 Å². The third-order valence-electron chi connectivity index (χ3n) is 2.48. The van der Waals surface area contributed by atoms with Crippen LogP contribution in [0.1, 0.15) is 40.7 Å². The Morgan fingerprint density at radius 2 is 1.94 bits per heavy atom. The van der Waals surface area contributed by atoms with Crippen LogP contribution in [0.15, 0.2) is 16.6 Å². The van der Waals surface area contributed by atoms with E-state index in [0.717, 1.165) is 27.6 Å². The number of ketones is 1. The normalized spacial score (nSPS) is 9.88. The van der Waals surface area contributed by atoms with Crippen LogP contribution in [-0.4, -0.2) is 5.78 Å². The molecule has 0 saturated carbocycles. The van der Waals surface area contributed by atoms with Crippen LogP contribution >= 0.6 is 15.9 Å². The Bertz CT molecular complexity index is 418. The van der Waals surface area contributed by atoms with E-state index in [1.54, 1.807) is 0 Å². The molecule has 0 atom stereocenters. The summed E-state index contributed by atoms with van der Waals surface area (Å²) in [7, 11) is 0. The number of rotatable bonds is 4. The van der Waals surface area contributed by atoms with Crippen molar-refractivity contribution in [2.75, 3.05) is 0 Å². The molecule has 84 valence electrons. The molecule has 0 radical (unpaired) electrons. The lowest BCUT2D eigenvalue weighted by atomic mass is 10.0. The molecule has 0 heterocycles. The topological polar surface area (TPSA) is 17.1 Å². The maximum Gasteiger partial charge on any atom is 0.162 e. The number of Topliss-reactive ketones (excluding diaryl/α,β-unsaturated/α-hetero) is 1. The first-order valence-corrected chi connectivity index (χ1v) is 6.09. The summed E-state index contributed by atoms with van der Waals surface area (Å²) >= 11 is 3.49. The Morgan fingerprint density at radius 3 is 2.44 bits per heavy atom. The van der Waals surface area contributed by atoms with E-state index >= 15 is 0 Å². The first-order valence-electron chi connectivity index (χ1n) is 5.29. The fraction of sp³-hybridized carbons (Fsp3) is 0.357. The Morgan fingerprint density at radius 1 is 1.38 bits per heavy atom. The molecule has 0 aromatic heterocycles. The van der Waals surface area contributed by atoms with Crippen LogP contribution in [0.5, 0.6) is 0 Å². The Hall–Kier alpha value is -1.07. The molecule has 0 spiro atoms. The molecule has 1 aromatic rings. The quantitative estimate of drug-likeness (QED) is 0.461. The standard InChI is InChI=1S/C14H15BrO/c1-4-5-6-7-13(16)12-8-10(2)14(15)11(3)9-12/h1,8-9H,5-7H2,2-3H3. The zero-order chi connectivity index (χ0) is 12.1. The molecular formula is C14H15BrO. The summed E-state index contributed by atoms with van der Waals surface area (Å²) in [6.45, 7) is 3.99. The summed E-state index contributed by atoms with van der Waals surface area (Å²) in [5, 5.41) is 0. The average molecular weight is 279 g/mol. The lowest BCUT2D eigenvalue weighted by molar-refractivity contribution is 0.0980. The third-order valence-corrected chi connectivity index (χ3v) is 3.73. The monoisotopic (exact) mass is 278 g/mol. The zero-order valence-electron chi connectivity index (χ0n) is 9.64. The van der Waals surface area contributed by atoms with Crippen molar-refractivity contribution in [3.63, 3.8) is 0 Å². The molecule has 0 saturated heterocycles. The van der Waals surface area contributed by atoms with E-state index < -0.39 is 0 Å². The number of hydrogen-bond acceptors (Lipinski definition) is 1. The molecule has 0 fully saturated rings. The Balaban J connectivity index is 2.81. The molecule has 0 aliphatic heterocycles. The predicted molar refractivity (Wildman–Crippen MR) is 70.6 cm³/mol. The first kappa shape index (κ1) is 13.0. The summed E-state index contributed by atoms with van der Waals surface area (Å²) < 4.78 is 1.08. The summed E-state index contributed by atoms with van der Waals surface area (Å²) in [5.41, 5.74) is 2.98. The maximum absolute atomic E-state index is 11.9. The maximum atomic E-state index is 11.9. The number of carbonyl (C=O) groups excluding carboxylic acids is 1. The zero-order valence-corrected chi connectivity index (χ0v) is 11.2. The van der Waals surface area contributed by atoms with Crippen molar-refractivity contribution < 1.29 is 4.79 Å². The fourth-order valence-electron chi connectivity index (χ4n) is 1.60. The lowest BCUT2D eigenvalue weighted by Gasteiger charge is -2.06. The minimum absolute atomic E-state index is 0.175. The van der Waals surface area contributed by atoms with E-state index in [1.807, 2.05) is 26.0 Å². The van der Waals surface area contributed by atoms with Gasteiger partial charge >= 0.3 is 0 Å². The highest BCUT2D eigenvalue weighted by molar-refractivity contribution is 9.10. The van der Waals surface area contributed by atoms with Crippen molar-refractivity contribution in [2.45, 2.75) is 33.1 Å². The van der Waals surface area contributed by atoms with E-state index in [9.17, 15) is 4.79 Å². The van der Waals surface area contributed by atoms with Gasteiger partial charge in [-0.25, -0.2) is 0 Å². The molecule has 0 unspecified atom stereocenters. The van der Waals surface area contributed by atoms with Crippen LogP contribution in [0.25, 0.3) is 0 Å². The molecule has 1 aromatic carbocycles. The van der Waals surface area contributed by atoms with Gasteiger partial charge < -0.3 is 0 Å². The molecule has 1 rings (SSSR count). The van der Waals surface area contributed by atoms with Gasteiger partial charge in [0, 0.05) is 22.9 Å². The molecule has 0 amide bonds. The second-order valence-electron chi connectivity index (χ2n) is 3.90. The van der Waals surface area contributed by atoms with Gasteiger partial charge in [0.1, 0.15) is 0 Å². The van der Waals surface area contributed by atoms with E-state index in [-0.39, 0.29) is 5.78 Å². The molecule has 0 bridgehead atoms. The van der Waals surface area contributed by atoms with Crippen molar-refractivity contribution in [1.82, 2.24) is 0 Å². The third kappa shape index (κ3) is 3.21. The molecular weight excluding hydrogens is 264 g/mol. The Kier molecular flexibility index (Phi) is 4.76. The number of halogens is 1. The van der Waals surface area contributed by atoms with Crippen LogP contribution in [-0.2, 0) is 0 Å². The van der Waals surface area contributed by atoms with E-state index in [0.29, 0.717) is 12.8 Å². The van der Waals surface area contributed by atoms with Crippen molar-refractivity contribution in [3.8, 4) is 12.3 Å². The van der Waals surface area contributed by atoms with E-state index in [1.165, 1.54) is 0 Å². The SMILES string of the molecule is C#CCCCC(=O)c1cc(C)c(Br)c(C)c1. The molecule has 16 heavy (non-hydrogen) atoms. The molecule has 2 heteroatoms. The number of terminal acetylenes is 1. The largest absolute Gasteiger partial charge is 0.294 e. The molecule has 0 aliphatic carbocycles. The number of benzene rings is 1. The van der Waals surface area contributed by atoms with Crippen molar-refractivity contribution >= 4 is 21.7 Å². The van der Waals surface area contributed by atoms with Gasteiger partial charge in [0.05, 0.1) is 0 Å². The minimum atomic E-state index is 0.175. The summed E-state index contributed by atoms with van der Waals surface area (Å²) in [6, 6.07) is 3.85. The average Bonchev–Trinajstić information content (AvgIpc) is 2.25. The second-order valence-corrected chi connectivity index (χ2v) is 4.70. The fourth-order valence-corrected chi connectivity index (χ4v) is 1.83. The minimum Gasteiger partial charge on any atom is -0.294 e. The van der Waals surface area contributed by atoms with Gasteiger partial charge in [-0.2, -0.15) is 0 Å². The van der Waals surface area contributed by atoms with Crippen molar-refractivity contribution in [1.29, 1.82) is 0 Å². The molecule has 1 nitrogen and oxygen atoms in total. The van der Waals surface area contributed by atoms with E-state index in [4.69, 9.17) is 6.42 Å². The van der Waals surface area contributed by atoms with Gasteiger partial charge in [-0.1, -0.05) is 15.9 Å². The van der Waals surface area contributed by atoms with Gasteiger partial charge in [-0.15, -0.1) is 12.3 Å². The number of carbonyl (C=O) groups is 1. The summed E-state index contributed by atoms with van der Waals surface area (Å²) in [6.07, 6.45) is 7.12.